The zero-order chi connectivity index (χ0) is 8.10. The van der Waals surface area contributed by atoms with E-state index in [0.29, 0.717) is 6.54 Å². The molecule has 1 saturated heterocycles. The van der Waals surface area contributed by atoms with Crippen molar-refractivity contribution in [3.8, 4) is 0 Å². The standard InChI is InChI=1S/C7H14N2O2.2ClH/c1-11-7(10)6-5-8-3-2-4-9-6;;/h6,8-9H,2-5H2,1H3;2*1H. The molecule has 0 aromatic rings. The van der Waals surface area contributed by atoms with Gasteiger partial charge in [0.05, 0.1) is 7.11 Å². The maximum absolute atomic E-state index is 11.0. The maximum atomic E-state index is 11.0. The Morgan fingerprint density at radius 2 is 2.08 bits per heavy atom. The number of nitrogens with one attached hydrogen (secondary N) is 2. The lowest BCUT2D eigenvalue weighted by Gasteiger charge is -2.11. The maximum Gasteiger partial charge on any atom is 0.324 e. The lowest BCUT2D eigenvalue weighted by atomic mass is 10.3. The van der Waals surface area contributed by atoms with E-state index >= 15 is 0 Å². The lowest BCUT2D eigenvalue weighted by molar-refractivity contribution is -0.142. The number of rotatable bonds is 1. The summed E-state index contributed by atoms with van der Waals surface area (Å²) in [6.07, 6.45) is 1.06. The number of hydrogen-bond donors (Lipinski definition) is 2. The smallest absolute Gasteiger partial charge is 0.324 e. The van der Waals surface area contributed by atoms with Crippen molar-refractivity contribution in [2.75, 3.05) is 26.7 Å². The highest BCUT2D eigenvalue weighted by atomic mass is 35.5. The average Bonchev–Trinajstić information content (AvgIpc) is 2.30. The van der Waals surface area contributed by atoms with Crippen LogP contribution in [0, 0.1) is 0 Å². The molecule has 0 bridgehead atoms. The van der Waals surface area contributed by atoms with Gasteiger partial charge < -0.3 is 15.4 Å². The molecule has 1 aliphatic heterocycles. The Labute approximate surface area is 90.6 Å². The zero-order valence-corrected chi connectivity index (χ0v) is 9.17. The van der Waals surface area contributed by atoms with Crippen molar-refractivity contribution in [2.24, 2.45) is 0 Å². The van der Waals surface area contributed by atoms with E-state index in [1.807, 2.05) is 0 Å². The van der Waals surface area contributed by atoms with Gasteiger partial charge in [0.15, 0.2) is 0 Å². The molecule has 1 aliphatic rings. The largest absolute Gasteiger partial charge is 0.468 e. The van der Waals surface area contributed by atoms with Crippen LogP contribution >= 0.6 is 24.8 Å². The van der Waals surface area contributed by atoms with Crippen molar-refractivity contribution < 1.29 is 9.53 Å². The predicted molar refractivity (Wildman–Crippen MR) is 55.8 cm³/mol. The molecule has 1 rings (SSSR count). The first-order valence-electron chi connectivity index (χ1n) is 3.86. The summed E-state index contributed by atoms with van der Waals surface area (Å²) in [6.45, 7) is 2.53. The average molecular weight is 231 g/mol. The summed E-state index contributed by atoms with van der Waals surface area (Å²) in [5.74, 6) is -0.181. The second-order valence-electron chi connectivity index (χ2n) is 2.59. The summed E-state index contributed by atoms with van der Waals surface area (Å²) in [6, 6.07) is -0.164. The number of halogens is 2. The van der Waals surface area contributed by atoms with E-state index in [1.54, 1.807) is 0 Å². The number of carbonyl (C=O) groups is 1. The minimum absolute atomic E-state index is 0. The van der Waals surface area contributed by atoms with Gasteiger partial charge in [0, 0.05) is 6.54 Å². The van der Waals surface area contributed by atoms with E-state index in [-0.39, 0.29) is 36.8 Å². The highest BCUT2D eigenvalue weighted by molar-refractivity contribution is 5.85. The summed E-state index contributed by atoms with van der Waals surface area (Å²) in [7, 11) is 1.41. The molecule has 0 radical (unpaired) electrons. The Morgan fingerprint density at radius 1 is 1.38 bits per heavy atom. The summed E-state index contributed by atoms with van der Waals surface area (Å²) >= 11 is 0. The molecule has 1 atom stereocenters. The molecule has 0 amide bonds. The summed E-state index contributed by atoms with van der Waals surface area (Å²) in [5.41, 5.74) is 0. The molecular formula is C7H16Cl2N2O2. The molecule has 13 heavy (non-hydrogen) atoms. The van der Waals surface area contributed by atoms with Gasteiger partial charge in [-0.1, -0.05) is 0 Å². The molecule has 0 aliphatic carbocycles. The molecule has 4 nitrogen and oxygen atoms in total. The molecule has 1 fully saturated rings. The van der Waals surface area contributed by atoms with Crippen LogP contribution < -0.4 is 10.6 Å². The van der Waals surface area contributed by atoms with Crippen LogP contribution in [0.5, 0.6) is 0 Å². The Bertz CT molecular complexity index is 138. The van der Waals surface area contributed by atoms with E-state index < -0.39 is 0 Å². The van der Waals surface area contributed by atoms with Crippen LogP contribution in [0.15, 0.2) is 0 Å². The fraction of sp³-hybridized carbons (Fsp3) is 0.857. The van der Waals surface area contributed by atoms with Crippen LogP contribution in [-0.4, -0.2) is 38.8 Å². The monoisotopic (exact) mass is 230 g/mol. The van der Waals surface area contributed by atoms with Crippen molar-refractivity contribution in [1.82, 2.24) is 10.6 Å². The molecule has 0 aromatic carbocycles. The summed E-state index contributed by atoms with van der Waals surface area (Å²) < 4.78 is 4.60. The SMILES string of the molecule is COC(=O)C1CNCCCN1.Cl.Cl. The van der Waals surface area contributed by atoms with E-state index in [1.165, 1.54) is 7.11 Å². The molecule has 6 heteroatoms. The van der Waals surface area contributed by atoms with Crippen LogP contribution in [0.2, 0.25) is 0 Å². The second kappa shape index (κ2) is 8.56. The third-order valence-corrected chi connectivity index (χ3v) is 1.76. The highest BCUT2D eigenvalue weighted by Gasteiger charge is 2.18. The first-order valence-corrected chi connectivity index (χ1v) is 3.86. The number of ether oxygens (including phenoxy) is 1. The van der Waals surface area contributed by atoms with Crippen molar-refractivity contribution in [1.29, 1.82) is 0 Å². The third kappa shape index (κ3) is 5.31. The van der Waals surface area contributed by atoms with Gasteiger partial charge in [0.1, 0.15) is 6.04 Å². The Morgan fingerprint density at radius 3 is 2.69 bits per heavy atom. The Balaban J connectivity index is 0. The fourth-order valence-corrected chi connectivity index (χ4v) is 1.12. The lowest BCUT2D eigenvalue weighted by Crippen LogP contribution is -2.42. The van der Waals surface area contributed by atoms with E-state index in [9.17, 15) is 4.79 Å². The minimum Gasteiger partial charge on any atom is -0.468 e. The molecule has 0 aromatic heterocycles. The molecule has 80 valence electrons. The molecule has 2 N–H and O–H groups in total. The van der Waals surface area contributed by atoms with Crippen molar-refractivity contribution in [2.45, 2.75) is 12.5 Å². The van der Waals surface area contributed by atoms with E-state index in [0.717, 1.165) is 19.5 Å². The first kappa shape index (κ1) is 15.4. The quantitative estimate of drug-likeness (QED) is 0.621. The van der Waals surface area contributed by atoms with Gasteiger partial charge in [-0.25, -0.2) is 0 Å². The number of methoxy groups -OCH3 is 1. The van der Waals surface area contributed by atoms with Gasteiger partial charge in [0.2, 0.25) is 0 Å². The van der Waals surface area contributed by atoms with Crippen molar-refractivity contribution in [3.63, 3.8) is 0 Å². The van der Waals surface area contributed by atoms with E-state index in [2.05, 4.69) is 15.4 Å². The first-order chi connectivity index (χ1) is 5.34. The minimum atomic E-state index is -0.181. The normalized spacial score (nSPS) is 21.8. The van der Waals surface area contributed by atoms with Crippen LogP contribution in [0.1, 0.15) is 6.42 Å². The molecule has 1 heterocycles. The third-order valence-electron chi connectivity index (χ3n) is 1.76. The summed E-state index contributed by atoms with van der Waals surface area (Å²) in [5, 5.41) is 6.24. The highest BCUT2D eigenvalue weighted by Crippen LogP contribution is 1.91. The topological polar surface area (TPSA) is 50.4 Å². The summed E-state index contributed by atoms with van der Waals surface area (Å²) in [4.78, 5) is 11.0. The van der Waals surface area contributed by atoms with Gasteiger partial charge in [-0.3, -0.25) is 4.79 Å². The Hall–Kier alpha value is -0.0300. The molecule has 0 spiro atoms. The molecule has 0 saturated carbocycles. The van der Waals surface area contributed by atoms with Crippen molar-refractivity contribution in [3.05, 3.63) is 0 Å². The van der Waals surface area contributed by atoms with Gasteiger partial charge in [0.25, 0.3) is 0 Å². The van der Waals surface area contributed by atoms with E-state index in [4.69, 9.17) is 0 Å². The molecular weight excluding hydrogens is 215 g/mol. The van der Waals surface area contributed by atoms with Crippen LogP contribution in [0.4, 0.5) is 0 Å². The number of carbonyl (C=O) groups excluding carboxylic acids is 1. The molecule has 1 unspecified atom stereocenters. The predicted octanol–water partition coefficient (Wildman–Crippen LogP) is -0.0455. The van der Waals surface area contributed by atoms with Gasteiger partial charge in [-0.15, -0.1) is 24.8 Å². The number of hydrogen-bond acceptors (Lipinski definition) is 4. The Kier molecular flexibility index (Phi) is 10.2. The second-order valence-corrected chi connectivity index (χ2v) is 2.59. The zero-order valence-electron chi connectivity index (χ0n) is 7.54. The van der Waals surface area contributed by atoms with Gasteiger partial charge in [-0.2, -0.15) is 0 Å². The van der Waals surface area contributed by atoms with Crippen LogP contribution in [0.3, 0.4) is 0 Å². The van der Waals surface area contributed by atoms with Gasteiger partial charge >= 0.3 is 5.97 Å². The number of esters is 1. The van der Waals surface area contributed by atoms with Crippen LogP contribution in [0.25, 0.3) is 0 Å². The van der Waals surface area contributed by atoms with Gasteiger partial charge in [-0.05, 0) is 19.5 Å². The van der Waals surface area contributed by atoms with Crippen molar-refractivity contribution >= 4 is 30.8 Å². The van der Waals surface area contributed by atoms with Crippen LogP contribution in [-0.2, 0) is 9.53 Å². The fourth-order valence-electron chi connectivity index (χ4n) is 1.12.